The van der Waals surface area contributed by atoms with Crippen molar-refractivity contribution < 1.29 is 24.0 Å². The number of rotatable bonds is 12. The number of hydrogen-bond donors (Lipinski definition) is 7. The molecular formula is C13H25N7O5. The third-order valence-electron chi connectivity index (χ3n) is 2.59. The fourth-order valence-corrected chi connectivity index (χ4v) is 1.40. The Hall–Kier alpha value is -2.73. The van der Waals surface area contributed by atoms with Crippen LogP contribution in [0.3, 0.4) is 0 Å². The van der Waals surface area contributed by atoms with Crippen molar-refractivity contribution >= 4 is 29.5 Å². The first-order valence-corrected chi connectivity index (χ1v) is 7.57. The van der Waals surface area contributed by atoms with Crippen molar-refractivity contribution in [2.24, 2.45) is 5.73 Å². The highest BCUT2D eigenvalue weighted by molar-refractivity contribution is 5.91. The van der Waals surface area contributed by atoms with Crippen molar-refractivity contribution in [3.05, 3.63) is 0 Å². The minimum Gasteiger partial charge on any atom is -0.353 e. The van der Waals surface area contributed by atoms with E-state index in [0.717, 1.165) is 0 Å². The first-order chi connectivity index (χ1) is 11.9. The van der Waals surface area contributed by atoms with Crippen LogP contribution in [-0.4, -0.2) is 82.4 Å². The smallest absolute Gasteiger partial charge is 0.239 e. The number of carbonyl (C=O) groups excluding carboxylic acids is 5. The van der Waals surface area contributed by atoms with Gasteiger partial charge in [0.15, 0.2) is 0 Å². The van der Waals surface area contributed by atoms with Crippen molar-refractivity contribution in [1.82, 2.24) is 31.9 Å². The summed E-state index contributed by atoms with van der Waals surface area (Å²) in [6, 6.07) is 0. The molecule has 0 fully saturated rings. The summed E-state index contributed by atoms with van der Waals surface area (Å²) >= 11 is 0. The van der Waals surface area contributed by atoms with Crippen molar-refractivity contribution in [2.75, 3.05) is 52.9 Å². The van der Waals surface area contributed by atoms with E-state index in [2.05, 4.69) is 31.9 Å². The van der Waals surface area contributed by atoms with Gasteiger partial charge < -0.3 is 37.6 Å². The van der Waals surface area contributed by atoms with E-state index in [1.165, 1.54) is 0 Å². The summed E-state index contributed by atoms with van der Waals surface area (Å²) in [5.41, 5.74) is 5.21. The van der Waals surface area contributed by atoms with Crippen LogP contribution in [-0.2, 0) is 24.0 Å². The summed E-state index contributed by atoms with van der Waals surface area (Å²) < 4.78 is 0. The number of nitrogens with one attached hydrogen (secondary N) is 6. The van der Waals surface area contributed by atoms with Gasteiger partial charge >= 0.3 is 0 Å². The Morgan fingerprint density at radius 1 is 0.600 bits per heavy atom. The molecule has 0 radical (unpaired) electrons. The zero-order valence-electron chi connectivity index (χ0n) is 14.1. The third-order valence-corrected chi connectivity index (χ3v) is 2.59. The van der Waals surface area contributed by atoms with Gasteiger partial charge in [-0.15, -0.1) is 0 Å². The first kappa shape index (κ1) is 22.3. The van der Waals surface area contributed by atoms with Crippen LogP contribution < -0.4 is 37.6 Å². The van der Waals surface area contributed by atoms with E-state index in [-0.39, 0.29) is 38.6 Å². The summed E-state index contributed by atoms with van der Waals surface area (Å²) in [7, 11) is 1.59. The van der Waals surface area contributed by atoms with Crippen LogP contribution in [0.15, 0.2) is 0 Å². The Morgan fingerprint density at radius 2 is 0.920 bits per heavy atom. The number of likely N-dealkylation sites (N-methyl/N-ethyl adjacent to an activating group) is 1. The second-order valence-corrected chi connectivity index (χ2v) is 4.78. The average molecular weight is 359 g/mol. The topological polar surface area (TPSA) is 184 Å². The zero-order chi connectivity index (χ0) is 19.1. The van der Waals surface area contributed by atoms with E-state index in [1.807, 2.05) is 0 Å². The number of nitrogens with two attached hydrogens (primary N) is 1. The molecule has 5 amide bonds. The molecule has 0 unspecified atom stereocenters. The first-order valence-electron chi connectivity index (χ1n) is 7.57. The van der Waals surface area contributed by atoms with Gasteiger partial charge in [0.1, 0.15) is 0 Å². The van der Waals surface area contributed by atoms with Crippen LogP contribution in [0.25, 0.3) is 0 Å². The van der Waals surface area contributed by atoms with Crippen LogP contribution in [0.5, 0.6) is 0 Å². The molecule has 0 aliphatic rings. The molecule has 0 aromatic rings. The Kier molecular flexibility index (Phi) is 12.2. The second kappa shape index (κ2) is 13.7. The average Bonchev–Trinajstić information content (AvgIpc) is 2.59. The Labute approximate surface area is 145 Å². The molecule has 0 aromatic carbocycles. The van der Waals surface area contributed by atoms with Gasteiger partial charge in [0.05, 0.1) is 32.7 Å². The molecule has 0 rings (SSSR count). The lowest BCUT2D eigenvalue weighted by atomic mass is 10.4. The predicted molar refractivity (Wildman–Crippen MR) is 88.0 cm³/mol. The monoisotopic (exact) mass is 359 g/mol. The van der Waals surface area contributed by atoms with Crippen LogP contribution >= 0.6 is 0 Å². The van der Waals surface area contributed by atoms with Gasteiger partial charge in [-0.2, -0.15) is 0 Å². The summed E-state index contributed by atoms with van der Waals surface area (Å²) in [5, 5.41) is 14.3. The minimum atomic E-state index is -0.586. The van der Waals surface area contributed by atoms with Crippen molar-refractivity contribution in [1.29, 1.82) is 0 Å². The second-order valence-electron chi connectivity index (χ2n) is 4.78. The van der Waals surface area contributed by atoms with E-state index in [9.17, 15) is 24.0 Å². The molecule has 12 heteroatoms. The minimum absolute atomic E-state index is 0.0765. The molecule has 0 bridgehead atoms. The molecule has 12 nitrogen and oxygen atoms in total. The fourth-order valence-electron chi connectivity index (χ4n) is 1.40. The molecular weight excluding hydrogens is 334 g/mol. The summed E-state index contributed by atoms with van der Waals surface area (Å²) in [5.74, 6) is -2.42. The molecule has 0 atom stereocenters. The Balaban J connectivity index is 3.78. The quantitative estimate of drug-likeness (QED) is 0.181. The van der Waals surface area contributed by atoms with Crippen molar-refractivity contribution in [3.8, 4) is 0 Å². The van der Waals surface area contributed by atoms with Gasteiger partial charge in [-0.25, -0.2) is 0 Å². The maximum absolute atomic E-state index is 11.5. The largest absolute Gasteiger partial charge is 0.353 e. The maximum Gasteiger partial charge on any atom is 0.239 e. The van der Waals surface area contributed by atoms with Crippen molar-refractivity contribution in [2.45, 2.75) is 0 Å². The highest BCUT2D eigenvalue weighted by atomic mass is 16.2. The molecule has 0 saturated carbocycles. The summed E-state index contributed by atoms with van der Waals surface area (Å²) in [6.07, 6.45) is 0. The summed E-state index contributed by atoms with van der Waals surface area (Å²) in [6.45, 7) is -0.485. The Bertz CT molecular complexity index is 483. The van der Waals surface area contributed by atoms with Crippen LogP contribution in [0.1, 0.15) is 0 Å². The SMILES string of the molecule is CNCC(=O)NCC(=O)NCC(=O)NCC(=O)NCC(=O)NCCN. The molecule has 0 aliphatic carbocycles. The van der Waals surface area contributed by atoms with Gasteiger partial charge in [-0.1, -0.05) is 0 Å². The maximum atomic E-state index is 11.5. The predicted octanol–water partition coefficient (Wildman–Crippen LogP) is -5.25. The Morgan fingerprint density at radius 3 is 1.24 bits per heavy atom. The molecule has 142 valence electrons. The summed E-state index contributed by atoms with van der Waals surface area (Å²) in [4.78, 5) is 56.6. The third kappa shape index (κ3) is 13.4. The van der Waals surface area contributed by atoms with Gasteiger partial charge in [-0.3, -0.25) is 24.0 Å². The van der Waals surface area contributed by atoms with E-state index in [0.29, 0.717) is 13.1 Å². The number of hydrogen-bond acceptors (Lipinski definition) is 7. The fraction of sp³-hybridized carbons (Fsp3) is 0.615. The number of amides is 5. The van der Waals surface area contributed by atoms with Gasteiger partial charge in [0, 0.05) is 13.1 Å². The molecule has 0 aliphatic heterocycles. The molecule has 0 spiro atoms. The van der Waals surface area contributed by atoms with E-state index in [4.69, 9.17) is 5.73 Å². The van der Waals surface area contributed by atoms with Crippen LogP contribution in [0.4, 0.5) is 0 Å². The van der Waals surface area contributed by atoms with Gasteiger partial charge in [-0.05, 0) is 7.05 Å². The van der Waals surface area contributed by atoms with Gasteiger partial charge in [0.25, 0.3) is 0 Å². The van der Waals surface area contributed by atoms with Crippen LogP contribution in [0, 0.1) is 0 Å². The molecule has 8 N–H and O–H groups in total. The molecule has 0 saturated heterocycles. The highest BCUT2D eigenvalue weighted by Gasteiger charge is 2.09. The van der Waals surface area contributed by atoms with Gasteiger partial charge in [0.2, 0.25) is 29.5 Å². The van der Waals surface area contributed by atoms with Crippen LogP contribution in [0.2, 0.25) is 0 Å². The van der Waals surface area contributed by atoms with E-state index < -0.39 is 23.6 Å². The molecule has 25 heavy (non-hydrogen) atoms. The van der Waals surface area contributed by atoms with E-state index >= 15 is 0 Å². The van der Waals surface area contributed by atoms with Crippen molar-refractivity contribution in [3.63, 3.8) is 0 Å². The van der Waals surface area contributed by atoms with E-state index in [1.54, 1.807) is 7.05 Å². The highest BCUT2D eigenvalue weighted by Crippen LogP contribution is 1.71. The normalized spacial score (nSPS) is 9.68. The lowest BCUT2D eigenvalue weighted by Crippen LogP contribution is -2.46. The molecule has 0 heterocycles. The lowest BCUT2D eigenvalue weighted by molar-refractivity contribution is -0.129. The number of carbonyl (C=O) groups is 5. The standard InChI is InChI=1S/C13H25N7O5/c1-15-4-9(21)17-6-11(23)19-8-13(25)20-7-12(24)18-5-10(22)16-3-2-14/h15H,2-8,14H2,1H3,(H,16,22)(H,17,21)(H,18,24)(H,19,23)(H,20,25). The lowest BCUT2D eigenvalue weighted by Gasteiger charge is -2.08. The molecule has 0 aromatic heterocycles. The zero-order valence-corrected chi connectivity index (χ0v) is 14.1.